The van der Waals surface area contributed by atoms with Crippen molar-refractivity contribution in [2.75, 3.05) is 0 Å². The molecule has 0 saturated heterocycles. The molecule has 3 aromatic rings. The summed E-state index contributed by atoms with van der Waals surface area (Å²) in [7, 11) is 0. The third kappa shape index (κ3) is 1.71. The zero-order chi connectivity index (χ0) is 11.8. The number of hydrogen-bond donors (Lipinski definition) is 0. The van der Waals surface area contributed by atoms with E-state index in [9.17, 15) is 0 Å². The monoisotopic (exact) mass is 243 g/mol. The molecule has 1 aromatic heterocycles. The van der Waals surface area contributed by atoms with Gasteiger partial charge in [-0.2, -0.15) is 0 Å². The molecule has 2 aromatic carbocycles. The van der Waals surface area contributed by atoms with E-state index in [2.05, 4.69) is 4.98 Å². The number of fused-ring (bicyclic) bond motifs is 1. The number of benzene rings is 2. The van der Waals surface area contributed by atoms with Crippen molar-refractivity contribution in [3.8, 4) is 11.5 Å². The number of nitrogens with zero attached hydrogens (tertiary/aromatic N) is 1. The first-order valence-electron chi connectivity index (χ1n) is 5.37. The molecule has 3 heteroatoms. The third-order valence-electron chi connectivity index (χ3n) is 2.75. The molecule has 0 saturated carbocycles. The highest BCUT2D eigenvalue weighted by molar-refractivity contribution is 6.34. The van der Waals surface area contributed by atoms with Gasteiger partial charge in [0.1, 0.15) is 5.52 Å². The van der Waals surface area contributed by atoms with Crippen LogP contribution in [0.25, 0.3) is 22.6 Å². The summed E-state index contributed by atoms with van der Waals surface area (Å²) in [5, 5.41) is 0.617. The van der Waals surface area contributed by atoms with Gasteiger partial charge in [-0.1, -0.05) is 35.9 Å². The lowest BCUT2D eigenvalue weighted by Crippen LogP contribution is -1.81. The minimum absolute atomic E-state index is 0.617. The molecule has 84 valence electrons. The Labute approximate surface area is 104 Å². The molecule has 0 aliphatic heterocycles. The Morgan fingerprint density at radius 1 is 1.06 bits per heavy atom. The number of oxazole rings is 1. The Hall–Kier alpha value is -1.80. The van der Waals surface area contributed by atoms with E-state index in [1.54, 1.807) is 0 Å². The van der Waals surface area contributed by atoms with Gasteiger partial charge in [0.25, 0.3) is 0 Å². The van der Waals surface area contributed by atoms with Crippen LogP contribution < -0.4 is 0 Å². The second kappa shape index (κ2) is 3.90. The Morgan fingerprint density at radius 2 is 1.88 bits per heavy atom. The molecule has 0 unspecified atom stereocenters. The molecule has 0 fully saturated rings. The molecule has 0 aliphatic rings. The Morgan fingerprint density at radius 3 is 2.65 bits per heavy atom. The van der Waals surface area contributed by atoms with Crippen LogP contribution >= 0.6 is 11.6 Å². The SMILES string of the molecule is Cc1ccccc1-c1nc2c(Cl)cccc2o1. The first-order valence-corrected chi connectivity index (χ1v) is 5.74. The normalized spacial score (nSPS) is 10.9. The van der Waals surface area contributed by atoms with Crippen LogP contribution in [0.3, 0.4) is 0 Å². The molecular weight excluding hydrogens is 234 g/mol. The Kier molecular flexibility index (Phi) is 2.37. The minimum atomic E-state index is 0.617. The summed E-state index contributed by atoms with van der Waals surface area (Å²) >= 11 is 6.08. The fourth-order valence-corrected chi connectivity index (χ4v) is 2.05. The van der Waals surface area contributed by atoms with Gasteiger partial charge >= 0.3 is 0 Å². The first kappa shape index (κ1) is 10.4. The number of hydrogen-bond acceptors (Lipinski definition) is 2. The molecule has 0 aliphatic carbocycles. The van der Waals surface area contributed by atoms with Gasteiger partial charge in [-0.05, 0) is 30.7 Å². The standard InChI is InChI=1S/C14H10ClNO/c1-9-5-2-3-6-10(9)14-16-13-11(15)7-4-8-12(13)17-14/h2-8H,1H3. The topological polar surface area (TPSA) is 26.0 Å². The maximum absolute atomic E-state index is 6.08. The highest BCUT2D eigenvalue weighted by atomic mass is 35.5. The number of aromatic nitrogens is 1. The fraction of sp³-hybridized carbons (Fsp3) is 0.0714. The molecule has 0 spiro atoms. The summed E-state index contributed by atoms with van der Waals surface area (Å²) in [6.45, 7) is 2.03. The van der Waals surface area contributed by atoms with Gasteiger partial charge in [0.2, 0.25) is 5.89 Å². The minimum Gasteiger partial charge on any atom is -0.436 e. The van der Waals surface area contributed by atoms with Crippen molar-refractivity contribution in [3.05, 3.63) is 53.1 Å². The molecule has 0 amide bonds. The summed E-state index contributed by atoms with van der Waals surface area (Å²) < 4.78 is 5.72. The molecule has 17 heavy (non-hydrogen) atoms. The lowest BCUT2D eigenvalue weighted by Gasteiger charge is -1.98. The van der Waals surface area contributed by atoms with E-state index in [0.717, 1.165) is 16.7 Å². The van der Waals surface area contributed by atoms with Gasteiger partial charge in [-0.15, -0.1) is 0 Å². The van der Waals surface area contributed by atoms with Crippen LogP contribution in [-0.2, 0) is 0 Å². The van der Waals surface area contributed by atoms with E-state index in [-0.39, 0.29) is 0 Å². The van der Waals surface area contributed by atoms with E-state index in [4.69, 9.17) is 16.0 Å². The lowest BCUT2D eigenvalue weighted by molar-refractivity contribution is 0.619. The van der Waals surface area contributed by atoms with Crippen molar-refractivity contribution in [1.29, 1.82) is 0 Å². The van der Waals surface area contributed by atoms with Gasteiger partial charge in [0.15, 0.2) is 5.58 Å². The molecule has 0 atom stereocenters. The van der Waals surface area contributed by atoms with Crippen molar-refractivity contribution in [2.45, 2.75) is 6.92 Å². The smallest absolute Gasteiger partial charge is 0.227 e. The van der Waals surface area contributed by atoms with E-state index in [1.807, 2.05) is 49.4 Å². The zero-order valence-electron chi connectivity index (χ0n) is 9.27. The second-order valence-corrected chi connectivity index (χ2v) is 4.33. The Bertz CT molecular complexity index is 688. The second-order valence-electron chi connectivity index (χ2n) is 3.92. The van der Waals surface area contributed by atoms with Gasteiger partial charge in [-0.3, -0.25) is 0 Å². The predicted molar refractivity (Wildman–Crippen MR) is 69.2 cm³/mol. The van der Waals surface area contributed by atoms with Gasteiger partial charge in [0.05, 0.1) is 5.02 Å². The molecule has 0 bridgehead atoms. The third-order valence-corrected chi connectivity index (χ3v) is 3.05. The molecular formula is C14H10ClNO. The van der Waals surface area contributed by atoms with Crippen LogP contribution in [0.2, 0.25) is 5.02 Å². The van der Waals surface area contributed by atoms with Crippen molar-refractivity contribution in [1.82, 2.24) is 4.98 Å². The maximum Gasteiger partial charge on any atom is 0.227 e. The zero-order valence-corrected chi connectivity index (χ0v) is 10.0. The van der Waals surface area contributed by atoms with Crippen molar-refractivity contribution in [2.24, 2.45) is 0 Å². The van der Waals surface area contributed by atoms with Gasteiger partial charge in [-0.25, -0.2) is 4.98 Å². The van der Waals surface area contributed by atoms with Crippen molar-refractivity contribution < 1.29 is 4.42 Å². The van der Waals surface area contributed by atoms with Crippen molar-refractivity contribution >= 4 is 22.7 Å². The van der Waals surface area contributed by atoms with Crippen LogP contribution in [0.1, 0.15) is 5.56 Å². The van der Waals surface area contributed by atoms with Crippen LogP contribution in [0.5, 0.6) is 0 Å². The highest BCUT2D eigenvalue weighted by Crippen LogP contribution is 2.29. The largest absolute Gasteiger partial charge is 0.436 e. The Balaban J connectivity index is 2.26. The number of halogens is 1. The summed E-state index contributed by atoms with van der Waals surface area (Å²) in [6.07, 6.45) is 0. The lowest BCUT2D eigenvalue weighted by atomic mass is 10.1. The fourth-order valence-electron chi connectivity index (χ4n) is 1.84. The number of para-hydroxylation sites is 1. The van der Waals surface area contributed by atoms with Crippen LogP contribution in [-0.4, -0.2) is 4.98 Å². The van der Waals surface area contributed by atoms with Crippen LogP contribution in [0.15, 0.2) is 46.9 Å². The quantitative estimate of drug-likeness (QED) is 0.631. The maximum atomic E-state index is 6.08. The molecule has 0 radical (unpaired) electrons. The van der Waals surface area contributed by atoms with E-state index >= 15 is 0 Å². The van der Waals surface area contributed by atoms with E-state index in [1.165, 1.54) is 0 Å². The van der Waals surface area contributed by atoms with Gasteiger partial charge < -0.3 is 4.42 Å². The molecule has 1 heterocycles. The van der Waals surface area contributed by atoms with Crippen molar-refractivity contribution in [3.63, 3.8) is 0 Å². The number of rotatable bonds is 1. The summed E-state index contributed by atoms with van der Waals surface area (Å²) in [5.41, 5.74) is 3.57. The van der Waals surface area contributed by atoms with Crippen LogP contribution in [0.4, 0.5) is 0 Å². The summed E-state index contributed by atoms with van der Waals surface area (Å²) in [6, 6.07) is 13.5. The average molecular weight is 244 g/mol. The predicted octanol–water partition coefficient (Wildman–Crippen LogP) is 4.46. The molecule has 0 N–H and O–H groups in total. The van der Waals surface area contributed by atoms with Crippen LogP contribution in [0, 0.1) is 6.92 Å². The van der Waals surface area contributed by atoms with Gasteiger partial charge in [0, 0.05) is 5.56 Å². The molecule has 2 nitrogen and oxygen atoms in total. The highest BCUT2D eigenvalue weighted by Gasteiger charge is 2.11. The van der Waals surface area contributed by atoms with E-state index in [0.29, 0.717) is 16.4 Å². The summed E-state index contributed by atoms with van der Waals surface area (Å²) in [5.74, 6) is 0.617. The molecule has 3 rings (SSSR count). The summed E-state index contributed by atoms with van der Waals surface area (Å²) in [4.78, 5) is 4.44. The van der Waals surface area contributed by atoms with E-state index < -0.39 is 0 Å². The first-order chi connectivity index (χ1) is 8.25. The average Bonchev–Trinajstić information content (AvgIpc) is 2.75. The number of aryl methyl sites for hydroxylation is 1.